The molecule has 1 fully saturated rings. The zero-order valence-corrected chi connectivity index (χ0v) is 19.2. The lowest BCUT2D eigenvalue weighted by atomic mass is 9.95. The standard InChI is InChI=1S/C25H24N2O4S/c1-5-31-19-12-10-18(11-13-19)22(28)20-21(17-8-6-14(2)7-9-17)27(24(30)23(20)29)25-26-15(3)16(4)32-25/h6-13,21,28H,5H2,1-4H3/b22-20+. The van der Waals surface area contributed by atoms with Gasteiger partial charge in [0.25, 0.3) is 5.78 Å². The van der Waals surface area contributed by atoms with Crippen molar-refractivity contribution in [1.29, 1.82) is 0 Å². The maximum absolute atomic E-state index is 13.2. The zero-order valence-electron chi connectivity index (χ0n) is 18.4. The lowest BCUT2D eigenvalue weighted by Gasteiger charge is -2.23. The Morgan fingerprint density at radius 2 is 1.72 bits per heavy atom. The van der Waals surface area contributed by atoms with Crippen LogP contribution in [0.5, 0.6) is 5.75 Å². The van der Waals surface area contributed by atoms with Crippen LogP contribution >= 0.6 is 11.3 Å². The average molecular weight is 449 g/mol. The van der Waals surface area contributed by atoms with Crippen molar-refractivity contribution in [3.05, 3.63) is 81.4 Å². The molecule has 3 aromatic rings. The predicted octanol–water partition coefficient (Wildman–Crippen LogP) is 5.09. The number of anilines is 1. The van der Waals surface area contributed by atoms with Crippen molar-refractivity contribution in [3.63, 3.8) is 0 Å². The lowest BCUT2D eigenvalue weighted by molar-refractivity contribution is -0.132. The number of amides is 1. The summed E-state index contributed by atoms with van der Waals surface area (Å²) in [7, 11) is 0. The smallest absolute Gasteiger partial charge is 0.301 e. The van der Waals surface area contributed by atoms with E-state index in [1.54, 1.807) is 24.3 Å². The molecule has 1 atom stereocenters. The first-order valence-electron chi connectivity index (χ1n) is 10.4. The van der Waals surface area contributed by atoms with Crippen LogP contribution in [-0.4, -0.2) is 28.4 Å². The molecule has 7 heteroatoms. The third kappa shape index (κ3) is 3.80. The van der Waals surface area contributed by atoms with Crippen LogP contribution in [0.4, 0.5) is 5.13 Å². The van der Waals surface area contributed by atoms with Crippen molar-refractivity contribution >= 4 is 33.9 Å². The Morgan fingerprint density at radius 3 is 2.28 bits per heavy atom. The summed E-state index contributed by atoms with van der Waals surface area (Å²) in [5.74, 6) is -0.984. The van der Waals surface area contributed by atoms with Crippen molar-refractivity contribution in [3.8, 4) is 5.75 Å². The number of benzene rings is 2. The van der Waals surface area contributed by atoms with Gasteiger partial charge in [0.2, 0.25) is 0 Å². The molecule has 0 aliphatic carbocycles. The molecule has 2 aromatic carbocycles. The van der Waals surface area contributed by atoms with Gasteiger partial charge >= 0.3 is 5.91 Å². The Hall–Kier alpha value is -3.45. The van der Waals surface area contributed by atoms with E-state index in [2.05, 4.69) is 4.98 Å². The third-order valence-electron chi connectivity index (χ3n) is 5.50. The van der Waals surface area contributed by atoms with E-state index in [9.17, 15) is 14.7 Å². The van der Waals surface area contributed by atoms with Crippen LogP contribution in [-0.2, 0) is 9.59 Å². The minimum absolute atomic E-state index is 0.0496. The SMILES string of the molecule is CCOc1ccc(/C(O)=C2\C(=O)C(=O)N(c3nc(C)c(C)s3)C2c2ccc(C)cc2)cc1. The van der Waals surface area contributed by atoms with Crippen molar-refractivity contribution < 1.29 is 19.4 Å². The van der Waals surface area contributed by atoms with Crippen molar-refractivity contribution in [2.75, 3.05) is 11.5 Å². The van der Waals surface area contributed by atoms with Crippen LogP contribution in [0.25, 0.3) is 5.76 Å². The Morgan fingerprint density at radius 1 is 1.06 bits per heavy atom. The number of hydrogen-bond acceptors (Lipinski definition) is 6. The van der Waals surface area contributed by atoms with Gasteiger partial charge in [0.15, 0.2) is 5.13 Å². The first-order chi connectivity index (χ1) is 15.3. The van der Waals surface area contributed by atoms with Crippen LogP contribution in [0.3, 0.4) is 0 Å². The van der Waals surface area contributed by atoms with Gasteiger partial charge in [-0.15, -0.1) is 11.3 Å². The molecular formula is C25H24N2O4S. The zero-order chi connectivity index (χ0) is 23.0. The van der Waals surface area contributed by atoms with Crippen LogP contribution in [0.1, 0.15) is 40.2 Å². The Labute approximate surface area is 190 Å². The predicted molar refractivity (Wildman–Crippen MR) is 125 cm³/mol. The second-order valence-electron chi connectivity index (χ2n) is 7.68. The van der Waals surface area contributed by atoms with Gasteiger partial charge in [0.05, 0.1) is 23.9 Å². The topological polar surface area (TPSA) is 79.7 Å². The summed E-state index contributed by atoms with van der Waals surface area (Å²) in [6.45, 7) is 8.17. The first-order valence-corrected chi connectivity index (χ1v) is 11.2. The number of rotatable bonds is 5. The van der Waals surface area contributed by atoms with Crippen molar-refractivity contribution in [2.45, 2.75) is 33.7 Å². The van der Waals surface area contributed by atoms with Crippen LogP contribution in [0.2, 0.25) is 0 Å². The van der Waals surface area contributed by atoms with Gasteiger partial charge in [0, 0.05) is 10.4 Å². The summed E-state index contributed by atoms with van der Waals surface area (Å²) < 4.78 is 5.46. The minimum atomic E-state index is -0.771. The highest BCUT2D eigenvalue weighted by molar-refractivity contribution is 7.16. The molecule has 1 saturated heterocycles. The van der Waals surface area contributed by atoms with Crippen molar-refractivity contribution in [1.82, 2.24) is 4.98 Å². The monoisotopic (exact) mass is 448 g/mol. The number of aliphatic hydroxyl groups excluding tert-OH is 1. The van der Waals surface area contributed by atoms with E-state index < -0.39 is 17.7 Å². The molecule has 1 aliphatic heterocycles. The lowest BCUT2D eigenvalue weighted by Crippen LogP contribution is -2.29. The molecule has 1 amide bonds. The van der Waals surface area contributed by atoms with Gasteiger partial charge in [-0.2, -0.15) is 0 Å². The number of Topliss-reactive ketones (excluding diaryl/α,β-unsaturated/α-hetero) is 1. The van der Waals surface area contributed by atoms with Gasteiger partial charge in [-0.1, -0.05) is 29.8 Å². The number of hydrogen-bond donors (Lipinski definition) is 1. The number of carbonyl (C=O) groups excluding carboxylic acids is 2. The number of aryl methyl sites for hydroxylation is 3. The summed E-state index contributed by atoms with van der Waals surface area (Å²) in [5, 5.41) is 11.6. The van der Waals surface area contributed by atoms with Crippen molar-refractivity contribution in [2.24, 2.45) is 0 Å². The highest BCUT2D eigenvalue weighted by Crippen LogP contribution is 2.43. The molecule has 0 spiro atoms. The number of ketones is 1. The van der Waals surface area contributed by atoms with Gasteiger partial charge < -0.3 is 9.84 Å². The first kappa shape index (κ1) is 21.8. The fourth-order valence-corrected chi connectivity index (χ4v) is 4.62. The fraction of sp³-hybridized carbons (Fsp3) is 0.240. The number of ether oxygens (including phenoxy) is 1. The number of thiazole rings is 1. The van der Waals surface area contributed by atoms with E-state index >= 15 is 0 Å². The van der Waals surface area contributed by atoms with Gasteiger partial charge in [-0.25, -0.2) is 4.98 Å². The van der Waals surface area contributed by atoms with E-state index in [1.807, 2.05) is 52.0 Å². The van der Waals surface area contributed by atoms with Crippen LogP contribution in [0, 0.1) is 20.8 Å². The second-order valence-corrected chi connectivity index (χ2v) is 8.86. The highest BCUT2D eigenvalue weighted by Gasteiger charge is 2.48. The number of aromatic nitrogens is 1. The summed E-state index contributed by atoms with van der Waals surface area (Å²) in [6, 6.07) is 13.6. The van der Waals surface area contributed by atoms with E-state index in [0.717, 1.165) is 21.7 Å². The maximum Gasteiger partial charge on any atom is 0.301 e. The van der Waals surface area contributed by atoms with Gasteiger partial charge in [0.1, 0.15) is 11.5 Å². The van der Waals surface area contributed by atoms with Gasteiger partial charge in [-0.05, 0) is 57.5 Å². The van der Waals surface area contributed by atoms with E-state index in [-0.39, 0.29) is 11.3 Å². The summed E-state index contributed by atoms with van der Waals surface area (Å²) in [5.41, 5.74) is 3.08. The number of carbonyl (C=O) groups is 2. The molecule has 1 N–H and O–H groups in total. The Balaban J connectivity index is 1.89. The average Bonchev–Trinajstić information content (AvgIpc) is 3.24. The number of nitrogens with zero attached hydrogens (tertiary/aromatic N) is 2. The largest absolute Gasteiger partial charge is 0.507 e. The van der Waals surface area contributed by atoms with E-state index in [0.29, 0.717) is 23.1 Å². The molecule has 164 valence electrons. The summed E-state index contributed by atoms with van der Waals surface area (Å²) in [4.78, 5) is 33.2. The molecule has 2 heterocycles. The minimum Gasteiger partial charge on any atom is -0.507 e. The molecular weight excluding hydrogens is 424 g/mol. The summed E-state index contributed by atoms with van der Waals surface area (Å²) >= 11 is 1.36. The molecule has 1 unspecified atom stereocenters. The Bertz CT molecular complexity index is 1190. The molecule has 32 heavy (non-hydrogen) atoms. The molecule has 0 bridgehead atoms. The third-order valence-corrected chi connectivity index (χ3v) is 6.57. The summed E-state index contributed by atoms with van der Waals surface area (Å²) in [6.07, 6.45) is 0. The molecule has 1 aromatic heterocycles. The molecule has 1 aliphatic rings. The van der Waals surface area contributed by atoms with Gasteiger partial charge in [-0.3, -0.25) is 14.5 Å². The Kier molecular flexibility index (Phi) is 5.84. The van der Waals surface area contributed by atoms with Crippen LogP contribution < -0.4 is 9.64 Å². The highest BCUT2D eigenvalue weighted by atomic mass is 32.1. The van der Waals surface area contributed by atoms with Crippen LogP contribution in [0.15, 0.2) is 54.1 Å². The van der Waals surface area contributed by atoms with E-state index in [1.165, 1.54) is 16.2 Å². The quantitative estimate of drug-likeness (QED) is 0.334. The molecule has 6 nitrogen and oxygen atoms in total. The second kappa shape index (κ2) is 8.59. The molecule has 0 saturated carbocycles. The molecule has 4 rings (SSSR count). The maximum atomic E-state index is 13.2. The number of aliphatic hydroxyl groups is 1. The van der Waals surface area contributed by atoms with E-state index in [4.69, 9.17) is 4.74 Å². The molecule has 0 radical (unpaired) electrons. The normalized spacial score (nSPS) is 17.8. The fourth-order valence-electron chi connectivity index (χ4n) is 3.68.